The summed E-state index contributed by atoms with van der Waals surface area (Å²) in [5, 5.41) is 5.76. The average Bonchev–Trinajstić information content (AvgIpc) is 2.76. The number of benzene rings is 1. The Labute approximate surface area is 107 Å². The van der Waals surface area contributed by atoms with Gasteiger partial charge >= 0.3 is 6.03 Å². The topological polar surface area (TPSA) is 76.4 Å². The predicted molar refractivity (Wildman–Crippen MR) is 71.7 cm³/mol. The number of carbonyl (C=O) groups excluding carboxylic acids is 1. The summed E-state index contributed by atoms with van der Waals surface area (Å²) >= 11 is 0. The van der Waals surface area contributed by atoms with Crippen molar-refractivity contribution in [3.63, 3.8) is 0 Å². The third-order valence-corrected chi connectivity index (χ3v) is 3.06. The molecule has 1 unspecified atom stereocenters. The van der Waals surface area contributed by atoms with Gasteiger partial charge in [-0.15, -0.1) is 0 Å². The van der Waals surface area contributed by atoms with Crippen LogP contribution < -0.4 is 16.4 Å². The monoisotopic (exact) mass is 249 g/mol. The molecule has 2 rings (SSSR count). The molecule has 0 saturated carbocycles. The molecule has 0 spiro atoms. The summed E-state index contributed by atoms with van der Waals surface area (Å²) in [6, 6.07) is 3.61. The van der Waals surface area contributed by atoms with E-state index in [0.717, 1.165) is 23.2 Å². The number of aryl methyl sites for hydroxylation is 2. The molecule has 1 fully saturated rings. The lowest BCUT2D eigenvalue weighted by Crippen LogP contribution is -2.38. The third-order valence-electron chi connectivity index (χ3n) is 3.06. The van der Waals surface area contributed by atoms with Gasteiger partial charge in [0.15, 0.2) is 0 Å². The Balaban J connectivity index is 2.02. The molecule has 0 aliphatic carbocycles. The molecule has 2 amide bonds. The van der Waals surface area contributed by atoms with E-state index in [1.54, 1.807) is 0 Å². The summed E-state index contributed by atoms with van der Waals surface area (Å²) in [7, 11) is 0. The van der Waals surface area contributed by atoms with Gasteiger partial charge in [-0.25, -0.2) is 4.79 Å². The summed E-state index contributed by atoms with van der Waals surface area (Å²) in [6.45, 7) is 5.16. The molecule has 1 heterocycles. The Kier molecular flexibility index (Phi) is 3.72. The van der Waals surface area contributed by atoms with E-state index in [0.29, 0.717) is 18.9 Å². The van der Waals surface area contributed by atoms with Crippen LogP contribution in [0.4, 0.5) is 16.2 Å². The molecule has 1 aromatic rings. The van der Waals surface area contributed by atoms with Crippen molar-refractivity contribution in [1.29, 1.82) is 0 Å². The SMILES string of the molecule is Cc1cc(N)cc(C)c1NC(=O)NC1CCOC1. The minimum atomic E-state index is -0.193. The fraction of sp³-hybridized carbons (Fsp3) is 0.462. The first-order valence-electron chi connectivity index (χ1n) is 6.08. The zero-order chi connectivity index (χ0) is 13.1. The maximum Gasteiger partial charge on any atom is 0.319 e. The number of urea groups is 1. The molecular formula is C13H19N3O2. The number of carbonyl (C=O) groups is 1. The molecule has 1 saturated heterocycles. The van der Waals surface area contributed by atoms with Gasteiger partial charge in [-0.2, -0.15) is 0 Å². The van der Waals surface area contributed by atoms with Crippen molar-refractivity contribution in [3.8, 4) is 0 Å². The molecule has 1 aliphatic heterocycles. The Morgan fingerprint density at radius 1 is 1.39 bits per heavy atom. The van der Waals surface area contributed by atoms with E-state index >= 15 is 0 Å². The van der Waals surface area contributed by atoms with Gasteiger partial charge in [0.25, 0.3) is 0 Å². The fourth-order valence-corrected chi connectivity index (χ4v) is 2.18. The van der Waals surface area contributed by atoms with E-state index in [2.05, 4.69) is 10.6 Å². The first kappa shape index (κ1) is 12.7. The molecule has 0 radical (unpaired) electrons. The Bertz CT molecular complexity index is 431. The number of hydrogen-bond acceptors (Lipinski definition) is 3. The molecule has 0 aromatic heterocycles. The number of amides is 2. The Morgan fingerprint density at radius 2 is 2.06 bits per heavy atom. The average molecular weight is 249 g/mol. The number of rotatable bonds is 2. The third kappa shape index (κ3) is 2.92. The Morgan fingerprint density at radius 3 is 2.61 bits per heavy atom. The fourth-order valence-electron chi connectivity index (χ4n) is 2.18. The van der Waals surface area contributed by atoms with Crippen LogP contribution in [-0.2, 0) is 4.74 Å². The Hall–Kier alpha value is -1.75. The lowest BCUT2D eigenvalue weighted by molar-refractivity contribution is 0.189. The van der Waals surface area contributed by atoms with E-state index < -0.39 is 0 Å². The number of hydrogen-bond donors (Lipinski definition) is 3. The van der Waals surface area contributed by atoms with Gasteiger partial charge in [0, 0.05) is 18.0 Å². The first-order valence-corrected chi connectivity index (χ1v) is 6.08. The lowest BCUT2D eigenvalue weighted by atomic mass is 10.1. The maximum absolute atomic E-state index is 11.8. The number of nitrogens with one attached hydrogen (secondary N) is 2. The largest absolute Gasteiger partial charge is 0.399 e. The van der Waals surface area contributed by atoms with Crippen molar-refractivity contribution in [2.24, 2.45) is 0 Å². The normalized spacial score (nSPS) is 18.7. The molecule has 98 valence electrons. The molecule has 1 aliphatic rings. The molecule has 0 bridgehead atoms. The van der Waals surface area contributed by atoms with Crippen LogP contribution in [0.1, 0.15) is 17.5 Å². The van der Waals surface area contributed by atoms with E-state index in [4.69, 9.17) is 10.5 Å². The van der Waals surface area contributed by atoms with E-state index in [9.17, 15) is 4.79 Å². The van der Waals surface area contributed by atoms with Gasteiger partial charge in [0.1, 0.15) is 0 Å². The zero-order valence-corrected chi connectivity index (χ0v) is 10.7. The van der Waals surface area contributed by atoms with Crippen molar-refractivity contribution in [3.05, 3.63) is 23.3 Å². The summed E-state index contributed by atoms with van der Waals surface area (Å²) < 4.78 is 5.21. The van der Waals surface area contributed by atoms with Gasteiger partial charge < -0.3 is 21.1 Å². The second-order valence-electron chi connectivity index (χ2n) is 4.69. The maximum atomic E-state index is 11.8. The van der Waals surface area contributed by atoms with Gasteiger partial charge in [-0.05, 0) is 43.5 Å². The molecular weight excluding hydrogens is 230 g/mol. The van der Waals surface area contributed by atoms with Gasteiger partial charge in [-0.3, -0.25) is 0 Å². The molecule has 5 nitrogen and oxygen atoms in total. The standard InChI is InChI=1S/C13H19N3O2/c1-8-5-10(14)6-9(2)12(8)16-13(17)15-11-3-4-18-7-11/h5-6,11H,3-4,7,14H2,1-2H3,(H2,15,16,17). The smallest absolute Gasteiger partial charge is 0.319 e. The van der Waals surface area contributed by atoms with Crippen LogP contribution in [0.2, 0.25) is 0 Å². The van der Waals surface area contributed by atoms with E-state index in [1.807, 2.05) is 26.0 Å². The zero-order valence-electron chi connectivity index (χ0n) is 10.7. The van der Waals surface area contributed by atoms with Crippen molar-refractivity contribution in [2.45, 2.75) is 26.3 Å². The quantitative estimate of drug-likeness (QED) is 0.699. The highest BCUT2D eigenvalue weighted by Gasteiger charge is 2.18. The van der Waals surface area contributed by atoms with E-state index in [-0.39, 0.29) is 12.1 Å². The summed E-state index contributed by atoms with van der Waals surface area (Å²) in [5.74, 6) is 0. The highest BCUT2D eigenvalue weighted by molar-refractivity contribution is 5.91. The number of nitrogen functional groups attached to an aromatic ring is 1. The van der Waals surface area contributed by atoms with Crippen LogP contribution in [0.15, 0.2) is 12.1 Å². The highest BCUT2D eigenvalue weighted by Crippen LogP contribution is 2.23. The molecule has 1 aromatic carbocycles. The first-order chi connectivity index (χ1) is 8.56. The van der Waals surface area contributed by atoms with Crippen LogP contribution in [0.25, 0.3) is 0 Å². The van der Waals surface area contributed by atoms with Crippen molar-refractivity contribution >= 4 is 17.4 Å². The van der Waals surface area contributed by atoms with Gasteiger partial charge in [0.2, 0.25) is 0 Å². The number of ether oxygens (including phenoxy) is 1. The second kappa shape index (κ2) is 5.27. The summed E-state index contributed by atoms with van der Waals surface area (Å²) in [5.41, 5.74) is 9.20. The second-order valence-corrected chi connectivity index (χ2v) is 4.69. The molecule has 18 heavy (non-hydrogen) atoms. The van der Waals surface area contributed by atoms with Crippen LogP contribution >= 0.6 is 0 Å². The summed E-state index contributed by atoms with van der Waals surface area (Å²) in [6.07, 6.45) is 0.868. The number of nitrogens with two attached hydrogens (primary N) is 1. The molecule has 5 heteroatoms. The number of anilines is 2. The van der Waals surface area contributed by atoms with Crippen molar-refractivity contribution in [2.75, 3.05) is 24.3 Å². The van der Waals surface area contributed by atoms with Crippen molar-refractivity contribution in [1.82, 2.24) is 5.32 Å². The van der Waals surface area contributed by atoms with Gasteiger partial charge in [0.05, 0.1) is 12.6 Å². The predicted octanol–water partition coefficient (Wildman–Crippen LogP) is 1.80. The minimum Gasteiger partial charge on any atom is -0.399 e. The van der Waals surface area contributed by atoms with Crippen LogP contribution in [0.5, 0.6) is 0 Å². The molecule has 1 atom stereocenters. The highest BCUT2D eigenvalue weighted by atomic mass is 16.5. The van der Waals surface area contributed by atoms with Crippen LogP contribution in [0.3, 0.4) is 0 Å². The van der Waals surface area contributed by atoms with Crippen LogP contribution in [-0.4, -0.2) is 25.3 Å². The van der Waals surface area contributed by atoms with Crippen molar-refractivity contribution < 1.29 is 9.53 Å². The summed E-state index contributed by atoms with van der Waals surface area (Å²) in [4.78, 5) is 11.8. The minimum absolute atomic E-state index is 0.111. The van der Waals surface area contributed by atoms with E-state index in [1.165, 1.54) is 0 Å². The van der Waals surface area contributed by atoms with Gasteiger partial charge in [-0.1, -0.05) is 0 Å². The van der Waals surface area contributed by atoms with Crippen LogP contribution in [0, 0.1) is 13.8 Å². The lowest BCUT2D eigenvalue weighted by Gasteiger charge is -2.15. The molecule has 4 N–H and O–H groups in total.